The highest BCUT2D eigenvalue weighted by molar-refractivity contribution is 9.10. The van der Waals surface area contributed by atoms with Crippen molar-refractivity contribution < 1.29 is 18.3 Å². The molecule has 0 radical (unpaired) electrons. The van der Waals surface area contributed by atoms with Gasteiger partial charge in [0.15, 0.2) is 0 Å². The Morgan fingerprint density at radius 1 is 1.05 bits per heavy atom. The van der Waals surface area contributed by atoms with Gasteiger partial charge in [-0.3, -0.25) is 0 Å². The molecule has 106 valence electrons. The van der Waals surface area contributed by atoms with E-state index in [1.807, 2.05) is 0 Å². The molecule has 0 saturated carbocycles. The second-order valence-corrected chi connectivity index (χ2v) is 5.65. The Morgan fingerprint density at radius 3 is 2.25 bits per heavy atom. The summed E-state index contributed by atoms with van der Waals surface area (Å²) in [7, 11) is 0. The normalized spacial score (nSPS) is 14.1. The first-order valence-electron chi connectivity index (χ1n) is 5.92. The summed E-state index contributed by atoms with van der Waals surface area (Å²) in [4.78, 5) is 0. The molecule has 0 bridgehead atoms. The molecule has 0 saturated heterocycles. The van der Waals surface area contributed by atoms with E-state index in [1.165, 1.54) is 37.3 Å². The summed E-state index contributed by atoms with van der Waals surface area (Å²) in [5.41, 5.74) is -1.57. The number of hydrogen-bond acceptors (Lipinski definition) is 1. The topological polar surface area (TPSA) is 20.2 Å². The lowest BCUT2D eigenvalue weighted by atomic mass is 9.88. The van der Waals surface area contributed by atoms with Crippen molar-refractivity contribution in [2.75, 3.05) is 0 Å². The van der Waals surface area contributed by atoms with Crippen LogP contribution in [-0.2, 0) is 12.0 Å². The smallest absolute Gasteiger partial charge is 0.146 e. The molecule has 0 spiro atoms. The quantitative estimate of drug-likeness (QED) is 0.822. The van der Waals surface area contributed by atoms with Gasteiger partial charge in [-0.05, 0) is 52.7 Å². The van der Waals surface area contributed by atoms with Gasteiger partial charge in [0.1, 0.15) is 17.5 Å². The molecule has 5 heteroatoms. The van der Waals surface area contributed by atoms with Crippen molar-refractivity contribution in [1.82, 2.24) is 0 Å². The minimum atomic E-state index is -1.74. The second kappa shape index (κ2) is 5.58. The van der Waals surface area contributed by atoms with Gasteiger partial charge in [0.2, 0.25) is 0 Å². The molecule has 0 fully saturated rings. The van der Waals surface area contributed by atoms with Crippen LogP contribution in [0.15, 0.2) is 40.9 Å². The third-order valence-electron chi connectivity index (χ3n) is 3.04. The predicted molar refractivity (Wildman–Crippen MR) is 73.7 cm³/mol. The van der Waals surface area contributed by atoms with Gasteiger partial charge in [-0.2, -0.15) is 0 Å². The molecule has 2 rings (SSSR count). The molecule has 1 atom stereocenters. The van der Waals surface area contributed by atoms with Gasteiger partial charge in [0, 0.05) is 6.42 Å². The number of rotatable bonds is 3. The summed E-state index contributed by atoms with van der Waals surface area (Å²) < 4.78 is 40.7. The fourth-order valence-electron chi connectivity index (χ4n) is 2.11. The molecule has 2 aromatic rings. The summed E-state index contributed by atoms with van der Waals surface area (Å²) in [5.74, 6) is -2.07. The Hall–Kier alpha value is -1.33. The van der Waals surface area contributed by atoms with Crippen molar-refractivity contribution in [3.05, 3.63) is 69.4 Å². The molecule has 0 aromatic heterocycles. The maximum Gasteiger partial charge on any atom is 0.146 e. The summed E-state index contributed by atoms with van der Waals surface area (Å²) >= 11 is 2.97. The van der Waals surface area contributed by atoms with E-state index in [0.29, 0.717) is 5.56 Å². The first kappa shape index (κ1) is 15.1. The van der Waals surface area contributed by atoms with Gasteiger partial charge in [-0.1, -0.05) is 12.1 Å². The zero-order valence-corrected chi connectivity index (χ0v) is 12.2. The van der Waals surface area contributed by atoms with Crippen LogP contribution in [0, 0.1) is 17.5 Å². The maximum atomic E-state index is 14.0. The minimum absolute atomic E-state index is 0.0302. The first-order chi connectivity index (χ1) is 9.31. The van der Waals surface area contributed by atoms with Crippen molar-refractivity contribution in [2.45, 2.75) is 18.9 Å². The van der Waals surface area contributed by atoms with Crippen LogP contribution in [0.2, 0.25) is 0 Å². The minimum Gasteiger partial charge on any atom is -0.385 e. The lowest BCUT2D eigenvalue weighted by molar-refractivity contribution is 0.0496. The van der Waals surface area contributed by atoms with Crippen LogP contribution < -0.4 is 0 Å². The average Bonchev–Trinajstić information content (AvgIpc) is 2.37. The second-order valence-electron chi connectivity index (χ2n) is 4.80. The Balaban J connectivity index is 2.40. The van der Waals surface area contributed by atoms with Crippen molar-refractivity contribution in [3.63, 3.8) is 0 Å². The molecule has 0 heterocycles. The van der Waals surface area contributed by atoms with Crippen molar-refractivity contribution >= 4 is 15.9 Å². The molecular formula is C15H12BrF3O. The van der Waals surface area contributed by atoms with Crippen LogP contribution in [0.3, 0.4) is 0 Å². The first-order valence-corrected chi connectivity index (χ1v) is 6.71. The Labute approximate surface area is 123 Å². The standard InChI is InChI=1S/C15H12BrF3O/c1-15(20,8-9-2-4-10(17)5-3-9)13-12(18)7-6-11(16)14(13)19/h2-7,20H,8H2,1H3. The van der Waals surface area contributed by atoms with Crippen LogP contribution in [0.5, 0.6) is 0 Å². The van der Waals surface area contributed by atoms with Crippen LogP contribution in [-0.4, -0.2) is 5.11 Å². The van der Waals surface area contributed by atoms with E-state index in [2.05, 4.69) is 15.9 Å². The van der Waals surface area contributed by atoms with Gasteiger partial charge < -0.3 is 5.11 Å². The fraction of sp³-hybridized carbons (Fsp3) is 0.200. The summed E-state index contributed by atoms with van der Waals surface area (Å²) in [6.07, 6.45) is -0.0302. The fourth-order valence-corrected chi connectivity index (χ4v) is 2.44. The average molecular weight is 345 g/mol. The molecule has 2 aromatic carbocycles. The van der Waals surface area contributed by atoms with Crippen molar-refractivity contribution in [3.8, 4) is 0 Å². The monoisotopic (exact) mass is 344 g/mol. The molecule has 20 heavy (non-hydrogen) atoms. The van der Waals surface area contributed by atoms with Crippen LogP contribution in [0.1, 0.15) is 18.1 Å². The van der Waals surface area contributed by atoms with E-state index in [1.54, 1.807) is 0 Å². The summed E-state index contributed by atoms with van der Waals surface area (Å²) in [6, 6.07) is 7.73. The van der Waals surface area contributed by atoms with E-state index < -0.39 is 28.6 Å². The Morgan fingerprint density at radius 2 is 1.65 bits per heavy atom. The van der Waals surface area contributed by atoms with Crippen LogP contribution in [0.25, 0.3) is 0 Å². The van der Waals surface area contributed by atoms with Gasteiger partial charge in [0.25, 0.3) is 0 Å². The van der Waals surface area contributed by atoms with Crippen molar-refractivity contribution in [1.29, 1.82) is 0 Å². The molecular weight excluding hydrogens is 333 g/mol. The number of aliphatic hydroxyl groups is 1. The van der Waals surface area contributed by atoms with E-state index >= 15 is 0 Å². The third kappa shape index (κ3) is 3.04. The van der Waals surface area contributed by atoms with E-state index in [-0.39, 0.29) is 10.9 Å². The summed E-state index contributed by atoms with van der Waals surface area (Å²) in [5, 5.41) is 10.4. The van der Waals surface area contributed by atoms with E-state index in [9.17, 15) is 18.3 Å². The van der Waals surface area contributed by atoms with Gasteiger partial charge >= 0.3 is 0 Å². The number of hydrogen-bond donors (Lipinski definition) is 1. The molecule has 0 aliphatic heterocycles. The SMILES string of the molecule is CC(O)(Cc1ccc(F)cc1)c1c(F)ccc(Br)c1F. The molecule has 1 unspecified atom stereocenters. The molecule has 0 aliphatic rings. The van der Waals surface area contributed by atoms with Gasteiger partial charge in [-0.25, -0.2) is 13.2 Å². The van der Waals surface area contributed by atoms with E-state index in [4.69, 9.17) is 0 Å². The summed E-state index contributed by atoms with van der Waals surface area (Å²) in [6.45, 7) is 1.32. The lowest BCUT2D eigenvalue weighted by Gasteiger charge is -2.25. The zero-order valence-electron chi connectivity index (χ0n) is 10.6. The Kier molecular flexibility index (Phi) is 4.20. The van der Waals surface area contributed by atoms with Crippen molar-refractivity contribution in [2.24, 2.45) is 0 Å². The van der Waals surface area contributed by atoms with Gasteiger partial charge in [0.05, 0.1) is 15.6 Å². The van der Waals surface area contributed by atoms with Gasteiger partial charge in [-0.15, -0.1) is 0 Å². The van der Waals surface area contributed by atoms with Crippen LogP contribution >= 0.6 is 15.9 Å². The maximum absolute atomic E-state index is 14.0. The Bertz CT molecular complexity index is 624. The molecule has 1 nitrogen and oxygen atoms in total. The third-order valence-corrected chi connectivity index (χ3v) is 3.66. The highest BCUT2D eigenvalue weighted by Crippen LogP contribution is 2.33. The predicted octanol–water partition coefficient (Wildman–Crippen LogP) is 4.32. The number of halogens is 4. The lowest BCUT2D eigenvalue weighted by Crippen LogP contribution is -2.27. The molecule has 1 N–H and O–H groups in total. The van der Waals surface area contributed by atoms with E-state index in [0.717, 1.165) is 6.07 Å². The number of benzene rings is 2. The molecule has 0 amide bonds. The largest absolute Gasteiger partial charge is 0.385 e. The zero-order chi connectivity index (χ0) is 14.9. The highest BCUT2D eigenvalue weighted by atomic mass is 79.9. The van der Waals surface area contributed by atoms with Crippen LogP contribution in [0.4, 0.5) is 13.2 Å². The molecule has 0 aliphatic carbocycles. The highest BCUT2D eigenvalue weighted by Gasteiger charge is 2.31.